The molecule has 2 saturated heterocycles. The van der Waals surface area contributed by atoms with Gasteiger partial charge >= 0.3 is 6.09 Å². The predicted molar refractivity (Wildman–Crippen MR) is 141 cm³/mol. The molecule has 37 heavy (non-hydrogen) atoms. The minimum Gasteiger partial charge on any atom is -0.444 e. The summed E-state index contributed by atoms with van der Waals surface area (Å²) in [5, 5.41) is 6.64. The Hall–Kier alpha value is -2.98. The van der Waals surface area contributed by atoms with Crippen molar-refractivity contribution < 1.29 is 19.1 Å². The molecule has 2 aliphatic heterocycles. The van der Waals surface area contributed by atoms with Crippen molar-refractivity contribution in [3.63, 3.8) is 0 Å². The predicted octanol–water partition coefficient (Wildman–Crippen LogP) is 4.62. The molecule has 2 aromatic heterocycles. The van der Waals surface area contributed by atoms with Crippen LogP contribution in [0.3, 0.4) is 0 Å². The Bertz CT molecular complexity index is 1100. The fourth-order valence-corrected chi connectivity index (χ4v) is 4.60. The van der Waals surface area contributed by atoms with Crippen LogP contribution in [-0.4, -0.2) is 70.3 Å². The third-order valence-electron chi connectivity index (χ3n) is 6.37. The molecule has 2 fully saturated rings. The Morgan fingerprint density at radius 1 is 1.16 bits per heavy atom. The number of hydrogen-bond donors (Lipinski definition) is 2. The Morgan fingerprint density at radius 2 is 1.95 bits per heavy atom. The minimum atomic E-state index is -0.587. The van der Waals surface area contributed by atoms with Gasteiger partial charge < -0.3 is 25.0 Å². The second-order valence-electron chi connectivity index (χ2n) is 10.5. The van der Waals surface area contributed by atoms with Gasteiger partial charge in [-0.05, 0) is 58.4 Å². The van der Waals surface area contributed by atoms with Crippen molar-refractivity contribution >= 4 is 35.2 Å². The highest BCUT2D eigenvalue weighted by atomic mass is 35.5. The molecule has 11 heteroatoms. The van der Waals surface area contributed by atoms with Crippen molar-refractivity contribution in [2.45, 2.75) is 52.1 Å². The Morgan fingerprint density at radius 3 is 2.70 bits per heavy atom. The number of likely N-dealkylation sites (tertiary alicyclic amines) is 1. The second kappa shape index (κ2) is 12.0. The summed E-state index contributed by atoms with van der Waals surface area (Å²) in [5.41, 5.74) is 0.609. The number of amides is 2. The third-order valence-corrected chi connectivity index (χ3v) is 6.67. The van der Waals surface area contributed by atoms with E-state index < -0.39 is 11.7 Å². The summed E-state index contributed by atoms with van der Waals surface area (Å²) in [6, 6.07) is 1.70. The van der Waals surface area contributed by atoms with E-state index in [9.17, 15) is 9.59 Å². The van der Waals surface area contributed by atoms with Crippen LogP contribution < -0.4 is 10.6 Å². The summed E-state index contributed by atoms with van der Waals surface area (Å²) in [6.45, 7) is 8.72. The quantitative estimate of drug-likeness (QED) is 0.555. The summed E-state index contributed by atoms with van der Waals surface area (Å²) in [7, 11) is 0. The van der Waals surface area contributed by atoms with Crippen molar-refractivity contribution in [3.8, 4) is 11.3 Å². The van der Waals surface area contributed by atoms with E-state index >= 15 is 0 Å². The first kappa shape index (κ1) is 27.1. The molecular formula is C26H35ClN6O4. The zero-order chi connectivity index (χ0) is 26.4. The molecule has 4 rings (SSSR count). The number of hydrogen-bond acceptors (Lipinski definition) is 8. The van der Waals surface area contributed by atoms with E-state index in [1.807, 2.05) is 20.8 Å². The first-order valence-electron chi connectivity index (χ1n) is 12.8. The van der Waals surface area contributed by atoms with Gasteiger partial charge in [-0.25, -0.2) is 14.8 Å². The number of rotatable bonds is 6. The first-order chi connectivity index (χ1) is 17.7. The maximum atomic E-state index is 13.0. The van der Waals surface area contributed by atoms with Gasteiger partial charge in [0.05, 0.1) is 29.0 Å². The number of ether oxygens (including phenoxy) is 2. The van der Waals surface area contributed by atoms with Crippen LogP contribution in [-0.2, 0) is 14.3 Å². The van der Waals surface area contributed by atoms with Crippen LogP contribution in [0, 0.1) is 11.8 Å². The van der Waals surface area contributed by atoms with E-state index in [2.05, 4.69) is 25.6 Å². The van der Waals surface area contributed by atoms with Crippen molar-refractivity contribution in [2.24, 2.45) is 11.8 Å². The van der Waals surface area contributed by atoms with Crippen molar-refractivity contribution in [2.75, 3.05) is 43.5 Å². The van der Waals surface area contributed by atoms with Crippen LogP contribution in [0.15, 0.2) is 24.7 Å². The summed E-state index contributed by atoms with van der Waals surface area (Å²) < 4.78 is 10.9. The lowest BCUT2D eigenvalue weighted by molar-refractivity contribution is -0.121. The molecule has 0 radical (unpaired) electrons. The fraction of sp³-hybridized carbons (Fsp3) is 0.577. The van der Waals surface area contributed by atoms with Gasteiger partial charge in [0.15, 0.2) is 0 Å². The van der Waals surface area contributed by atoms with Crippen molar-refractivity contribution in [1.29, 1.82) is 0 Å². The number of anilines is 2. The molecule has 2 aromatic rings. The van der Waals surface area contributed by atoms with E-state index in [4.69, 9.17) is 21.1 Å². The molecule has 0 saturated carbocycles. The SMILES string of the molecule is CC(C)(C)OC(=O)N1CCC[C@H](C(=O)Nc2cc(-c3cncc(NCC4CCOCC4)n3)c(Cl)cn2)C1. The number of nitrogens with one attached hydrogen (secondary N) is 2. The number of carbonyl (C=O) groups excluding carboxylic acids is 2. The summed E-state index contributed by atoms with van der Waals surface area (Å²) in [4.78, 5) is 40.4. The molecule has 1 atom stereocenters. The number of piperidine rings is 1. The van der Waals surface area contributed by atoms with Crippen LogP contribution in [0.1, 0.15) is 46.5 Å². The fourth-order valence-electron chi connectivity index (χ4n) is 4.40. The zero-order valence-corrected chi connectivity index (χ0v) is 22.4. The van der Waals surface area contributed by atoms with Gasteiger partial charge in [-0.3, -0.25) is 9.78 Å². The number of nitrogens with zero attached hydrogens (tertiary/aromatic N) is 4. The number of carbonyl (C=O) groups is 2. The third kappa shape index (κ3) is 7.75. The molecule has 2 N–H and O–H groups in total. The first-order valence-corrected chi connectivity index (χ1v) is 13.1. The summed E-state index contributed by atoms with van der Waals surface area (Å²) >= 11 is 6.44. The highest BCUT2D eigenvalue weighted by Crippen LogP contribution is 2.29. The average molecular weight is 531 g/mol. The van der Waals surface area contributed by atoms with E-state index in [0.29, 0.717) is 53.3 Å². The van der Waals surface area contributed by atoms with Gasteiger partial charge in [0.25, 0.3) is 0 Å². The lowest BCUT2D eigenvalue weighted by Gasteiger charge is -2.33. The van der Waals surface area contributed by atoms with Gasteiger partial charge in [-0.1, -0.05) is 11.6 Å². The topological polar surface area (TPSA) is 119 Å². The van der Waals surface area contributed by atoms with Crippen LogP contribution >= 0.6 is 11.6 Å². The maximum Gasteiger partial charge on any atom is 0.410 e. The van der Waals surface area contributed by atoms with Gasteiger partial charge in [-0.2, -0.15) is 0 Å². The lowest BCUT2D eigenvalue weighted by Crippen LogP contribution is -2.45. The van der Waals surface area contributed by atoms with Crippen molar-refractivity contribution in [3.05, 3.63) is 29.7 Å². The summed E-state index contributed by atoms with van der Waals surface area (Å²) in [6.07, 6.45) is 7.85. The monoisotopic (exact) mass is 530 g/mol. The molecule has 0 aromatic carbocycles. The Kier molecular flexibility index (Phi) is 8.81. The van der Waals surface area contributed by atoms with Crippen LogP contribution in [0.5, 0.6) is 0 Å². The van der Waals surface area contributed by atoms with Gasteiger partial charge in [0.1, 0.15) is 17.2 Å². The maximum absolute atomic E-state index is 13.0. The molecule has 2 aliphatic rings. The lowest BCUT2D eigenvalue weighted by atomic mass is 9.97. The standard InChI is InChI=1S/C26H35ClN6O4/c1-26(2,3)37-25(35)33-8-4-5-18(16-33)24(34)32-22-11-19(20(27)13-30-22)21-14-28-15-23(31-21)29-12-17-6-9-36-10-7-17/h11,13-15,17-18H,4-10,12,16H2,1-3H3,(H,29,31)(H,30,32,34)/t18-/m0/s1. The normalized spacial score (nSPS) is 18.8. The van der Waals surface area contributed by atoms with Gasteiger partial charge in [-0.15, -0.1) is 0 Å². The molecule has 4 heterocycles. The molecule has 10 nitrogen and oxygen atoms in total. The van der Waals surface area contributed by atoms with Crippen LogP contribution in [0.25, 0.3) is 11.3 Å². The smallest absolute Gasteiger partial charge is 0.410 e. The average Bonchev–Trinajstić information content (AvgIpc) is 2.88. The molecular weight excluding hydrogens is 496 g/mol. The Balaban J connectivity index is 1.40. The molecule has 0 aliphatic carbocycles. The number of aromatic nitrogens is 3. The molecule has 2 amide bonds. The van der Waals surface area contributed by atoms with E-state index in [-0.39, 0.29) is 11.8 Å². The molecule has 0 unspecified atom stereocenters. The largest absolute Gasteiger partial charge is 0.444 e. The van der Waals surface area contributed by atoms with E-state index in [1.165, 1.54) is 6.20 Å². The number of halogens is 1. The highest BCUT2D eigenvalue weighted by Gasteiger charge is 2.31. The van der Waals surface area contributed by atoms with E-state index in [0.717, 1.165) is 39.0 Å². The highest BCUT2D eigenvalue weighted by molar-refractivity contribution is 6.33. The molecule has 0 spiro atoms. The second-order valence-corrected chi connectivity index (χ2v) is 10.9. The molecule has 0 bridgehead atoms. The van der Waals surface area contributed by atoms with Crippen LogP contribution in [0.4, 0.5) is 16.4 Å². The van der Waals surface area contributed by atoms with Crippen LogP contribution in [0.2, 0.25) is 5.02 Å². The minimum absolute atomic E-state index is 0.202. The van der Waals surface area contributed by atoms with Crippen molar-refractivity contribution in [1.82, 2.24) is 19.9 Å². The number of pyridine rings is 1. The molecule has 200 valence electrons. The van der Waals surface area contributed by atoms with Gasteiger partial charge in [0, 0.05) is 44.6 Å². The zero-order valence-electron chi connectivity index (χ0n) is 21.6. The van der Waals surface area contributed by atoms with E-state index in [1.54, 1.807) is 23.4 Å². The summed E-state index contributed by atoms with van der Waals surface area (Å²) in [5.74, 6) is 0.997. The van der Waals surface area contributed by atoms with Gasteiger partial charge in [0.2, 0.25) is 5.91 Å². The Labute approximate surface area is 222 Å².